The second kappa shape index (κ2) is 7.40. The fourth-order valence-corrected chi connectivity index (χ4v) is 2.52. The molecule has 0 radical (unpaired) electrons. The highest BCUT2D eigenvalue weighted by atomic mass is 32.2. The second-order valence-corrected chi connectivity index (χ2v) is 6.75. The Morgan fingerprint density at radius 1 is 1.20 bits per heavy atom. The van der Waals surface area contributed by atoms with E-state index in [9.17, 15) is 13.2 Å². The Kier molecular flexibility index (Phi) is 6.16. The van der Waals surface area contributed by atoms with Gasteiger partial charge in [0.05, 0.1) is 4.90 Å². The molecule has 1 aromatic rings. The Balaban J connectivity index is 2.89. The van der Waals surface area contributed by atoms with Crippen molar-refractivity contribution in [1.82, 2.24) is 4.90 Å². The van der Waals surface area contributed by atoms with Crippen molar-refractivity contribution in [1.29, 1.82) is 0 Å². The summed E-state index contributed by atoms with van der Waals surface area (Å²) in [6, 6.07) is 6.05. The Bertz CT molecular complexity index is 538. The normalized spacial score (nSPS) is 11.3. The first-order valence-electron chi connectivity index (χ1n) is 6.69. The fraction of sp³-hybridized carbons (Fsp3) is 0.500. The molecule has 0 atom stereocenters. The molecule has 0 bridgehead atoms. The average molecular weight is 298 g/mol. The lowest BCUT2D eigenvalue weighted by atomic mass is 10.2. The number of amides is 1. The Labute approximate surface area is 120 Å². The van der Waals surface area contributed by atoms with E-state index in [2.05, 4.69) is 0 Å². The van der Waals surface area contributed by atoms with Gasteiger partial charge in [0, 0.05) is 24.9 Å². The van der Waals surface area contributed by atoms with Gasteiger partial charge in [0.1, 0.15) is 0 Å². The maximum absolute atomic E-state index is 12.3. The molecular weight excluding hydrogens is 276 g/mol. The zero-order valence-electron chi connectivity index (χ0n) is 12.0. The fourth-order valence-electron chi connectivity index (χ4n) is 1.89. The number of hydrogen-bond acceptors (Lipinski definition) is 4. The van der Waals surface area contributed by atoms with Gasteiger partial charge in [-0.05, 0) is 43.7 Å². The number of carbonyl (C=O) groups excluding carboxylic acids is 1. The SMILES string of the molecule is CCCN(CCCN)C(=O)c1ccc(S(C)(=O)=O)cc1. The molecule has 1 aromatic carbocycles. The van der Waals surface area contributed by atoms with Gasteiger partial charge in [0.25, 0.3) is 5.91 Å². The van der Waals surface area contributed by atoms with Gasteiger partial charge in [-0.1, -0.05) is 6.92 Å². The van der Waals surface area contributed by atoms with E-state index in [1.165, 1.54) is 12.1 Å². The third-order valence-electron chi connectivity index (χ3n) is 2.94. The summed E-state index contributed by atoms with van der Waals surface area (Å²) in [5.74, 6) is -0.0830. The van der Waals surface area contributed by atoms with Crippen LogP contribution in [0.1, 0.15) is 30.1 Å². The molecule has 0 saturated heterocycles. The number of benzene rings is 1. The summed E-state index contributed by atoms with van der Waals surface area (Å²) in [4.78, 5) is 14.3. The summed E-state index contributed by atoms with van der Waals surface area (Å²) in [5, 5.41) is 0. The highest BCUT2D eigenvalue weighted by Crippen LogP contribution is 2.12. The Morgan fingerprint density at radius 3 is 2.25 bits per heavy atom. The first kappa shape index (κ1) is 16.7. The van der Waals surface area contributed by atoms with Crippen LogP contribution in [0.2, 0.25) is 0 Å². The van der Waals surface area contributed by atoms with Crippen molar-refractivity contribution in [3.63, 3.8) is 0 Å². The molecule has 0 aliphatic carbocycles. The van der Waals surface area contributed by atoms with Crippen LogP contribution in [0, 0.1) is 0 Å². The molecule has 0 aliphatic heterocycles. The number of carbonyl (C=O) groups is 1. The third kappa shape index (κ3) is 4.61. The van der Waals surface area contributed by atoms with Crippen molar-refractivity contribution < 1.29 is 13.2 Å². The first-order chi connectivity index (χ1) is 9.40. The minimum absolute atomic E-state index is 0.0830. The van der Waals surface area contributed by atoms with Gasteiger partial charge >= 0.3 is 0 Å². The lowest BCUT2D eigenvalue weighted by molar-refractivity contribution is 0.0754. The van der Waals surface area contributed by atoms with Crippen LogP contribution in [-0.2, 0) is 9.84 Å². The molecule has 2 N–H and O–H groups in total. The van der Waals surface area contributed by atoms with Gasteiger partial charge in [-0.2, -0.15) is 0 Å². The minimum atomic E-state index is -3.23. The van der Waals surface area contributed by atoms with Crippen molar-refractivity contribution >= 4 is 15.7 Å². The maximum atomic E-state index is 12.3. The van der Waals surface area contributed by atoms with Crippen molar-refractivity contribution in [2.45, 2.75) is 24.7 Å². The van der Waals surface area contributed by atoms with Gasteiger partial charge in [-0.25, -0.2) is 8.42 Å². The van der Waals surface area contributed by atoms with E-state index in [1.807, 2.05) is 6.92 Å². The Hall–Kier alpha value is -1.40. The molecule has 0 aromatic heterocycles. The van der Waals surface area contributed by atoms with Crippen LogP contribution in [0.15, 0.2) is 29.2 Å². The van der Waals surface area contributed by atoms with Crippen molar-refractivity contribution in [2.75, 3.05) is 25.9 Å². The van der Waals surface area contributed by atoms with Crippen molar-refractivity contribution in [2.24, 2.45) is 5.73 Å². The van der Waals surface area contributed by atoms with Crippen LogP contribution in [0.25, 0.3) is 0 Å². The smallest absolute Gasteiger partial charge is 0.253 e. The average Bonchev–Trinajstić information content (AvgIpc) is 2.42. The molecule has 0 fully saturated rings. The summed E-state index contributed by atoms with van der Waals surface area (Å²) in [6.07, 6.45) is 2.78. The lowest BCUT2D eigenvalue weighted by Gasteiger charge is -2.22. The predicted molar refractivity (Wildman–Crippen MR) is 79.4 cm³/mol. The monoisotopic (exact) mass is 298 g/mol. The largest absolute Gasteiger partial charge is 0.339 e. The quantitative estimate of drug-likeness (QED) is 0.822. The van der Waals surface area contributed by atoms with Crippen LogP contribution in [0.5, 0.6) is 0 Å². The van der Waals surface area contributed by atoms with Gasteiger partial charge in [0.2, 0.25) is 0 Å². The number of hydrogen-bond donors (Lipinski definition) is 1. The molecule has 1 rings (SSSR count). The summed E-state index contributed by atoms with van der Waals surface area (Å²) in [6.45, 7) is 3.85. The summed E-state index contributed by atoms with van der Waals surface area (Å²) in [5.41, 5.74) is 5.98. The van der Waals surface area contributed by atoms with E-state index in [-0.39, 0.29) is 10.8 Å². The van der Waals surface area contributed by atoms with Crippen LogP contribution in [0.3, 0.4) is 0 Å². The van der Waals surface area contributed by atoms with Crippen molar-refractivity contribution in [3.05, 3.63) is 29.8 Å². The number of nitrogens with two attached hydrogens (primary N) is 1. The van der Waals surface area contributed by atoms with Crippen LogP contribution in [0.4, 0.5) is 0 Å². The number of sulfone groups is 1. The van der Waals surface area contributed by atoms with E-state index < -0.39 is 9.84 Å². The number of nitrogens with zero attached hydrogens (tertiary/aromatic N) is 1. The zero-order chi connectivity index (χ0) is 15.2. The van der Waals surface area contributed by atoms with Gasteiger partial charge in [-0.3, -0.25) is 4.79 Å². The number of rotatable bonds is 7. The van der Waals surface area contributed by atoms with Crippen molar-refractivity contribution in [3.8, 4) is 0 Å². The minimum Gasteiger partial charge on any atom is -0.339 e. The van der Waals surface area contributed by atoms with E-state index in [0.29, 0.717) is 25.2 Å². The van der Waals surface area contributed by atoms with E-state index in [0.717, 1.165) is 19.1 Å². The molecule has 6 heteroatoms. The molecule has 5 nitrogen and oxygen atoms in total. The van der Waals surface area contributed by atoms with E-state index in [1.54, 1.807) is 17.0 Å². The standard InChI is InChI=1S/C14H22N2O3S/c1-3-10-16(11-4-9-15)14(17)12-5-7-13(8-6-12)20(2,18)19/h5-8H,3-4,9-11,15H2,1-2H3. The van der Waals surface area contributed by atoms with E-state index in [4.69, 9.17) is 5.73 Å². The Morgan fingerprint density at radius 2 is 1.80 bits per heavy atom. The van der Waals surface area contributed by atoms with Crippen LogP contribution < -0.4 is 5.73 Å². The van der Waals surface area contributed by atoms with E-state index >= 15 is 0 Å². The van der Waals surface area contributed by atoms with Gasteiger partial charge in [-0.15, -0.1) is 0 Å². The zero-order valence-corrected chi connectivity index (χ0v) is 12.8. The molecule has 0 saturated carbocycles. The molecule has 1 amide bonds. The van der Waals surface area contributed by atoms with Gasteiger partial charge < -0.3 is 10.6 Å². The molecule has 0 heterocycles. The predicted octanol–water partition coefficient (Wildman–Crippen LogP) is 1.29. The summed E-state index contributed by atoms with van der Waals surface area (Å²) >= 11 is 0. The highest BCUT2D eigenvalue weighted by molar-refractivity contribution is 7.90. The second-order valence-electron chi connectivity index (χ2n) is 4.73. The molecule has 0 aliphatic rings. The molecule has 20 heavy (non-hydrogen) atoms. The summed E-state index contributed by atoms with van der Waals surface area (Å²) < 4.78 is 22.8. The topological polar surface area (TPSA) is 80.5 Å². The summed E-state index contributed by atoms with van der Waals surface area (Å²) in [7, 11) is -3.23. The molecule has 112 valence electrons. The highest BCUT2D eigenvalue weighted by Gasteiger charge is 2.15. The third-order valence-corrected chi connectivity index (χ3v) is 4.07. The van der Waals surface area contributed by atoms with Gasteiger partial charge in [0.15, 0.2) is 9.84 Å². The lowest BCUT2D eigenvalue weighted by Crippen LogP contribution is -2.33. The van der Waals surface area contributed by atoms with Crippen LogP contribution in [-0.4, -0.2) is 45.1 Å². The maximum Gasteiger partial charge on any atom is 0.253 e. The first-order valence-corrected chi connectivity index (χ1v) is 8.58. The molecular formula is C14H22N2O3S. The van der Waals surface area contributed by atoms with Crippen LogP contribution >= 0.6 is 0 Å². The molecule has 0 spiro atoms. The molecule has 0 unspecified atom stereocenters.